The van der Waals surface area contributed by atoms with Gasteiger partial charge in [-0.05, 0) is 66.9 Å². The zero-order chi connectivity index (χ0) is 21.8. The Labute approximate surface area is 188 Å². The zero-order valence-electron chi connectivity index (χ0n) is 16.4. The first kappa shape index (κ1) is 21.2. The van der Waals surface area contributed by atoms with E-state index in [1.807, 2.05) is 10.4 Å². The molecule has 0 atom stereocenters. The molecule has 1 fully saturated rings. The van der Waals surface area contributed by atoms with E-state index in [0.29, 0.717) is 27.6 Å². The van der Waals surface area contributed by atoms with Crippen molar-refractivity contribution in [3.8, 4) is 0 Å². The molecule has 0 spiro atoms. The van der Waals surface area contributed by atoms with E-state index in [1.54, 1.807) is 66.5 Å². The normalized spacial score (nSPS) is 13.2. The molecule has 8 heteroatoms. The quantitative estimate of drug-likeness (QED) is 0.474. The van der Waals surface area contributed by atoms with Crippen molar-refractivity contribution in [2.75, 3.05) is 27.2 Å². The van der Waals surface area contributed by atoms with Crippen LogP contribution in [0.15, 0.2) is 66.7 Å². The minimum absolute atomic E-state index is 0.204. The topological polar surface area (TPSA) is 61.4 Å². The third kappa shape index (κ3) is 5.00. The molecule has 1 aliphatic rings. The van der Waals surface area contributed by atoms with Crippen molar-refractivity contribution in [1.82, 2.24) is 0 Å². The fraction of sp³-hybridized carbons (Fsp3) is 0.130. The van der Waals surface area contributed by atoms with Gasteiger partial charge in [-0.3, -0.25) is 9.59 Å². The Bertz CT molecular complexity index is 1120. The van der Waals surface area contributed by atoms with Gasteiger partial charge in [-0.25, -0.2) is 4.39 Å². The first-order chi connectivity index (χ1) is 15.0. The van der Waals surface area contributed by atoms with Gasteiger partial charge in [0.25, 0.3) is 11.8 Å². The van der Waals surface area contributed by atoms with Crippen LogP contribution in [0, 0.1) is 5.82 Å². The monoisotopic (exact) mass is 455 g/mol. The van der Waals surface area contributed by atoms with Crippen molar-refractivity contribution in [3.05, 3.63) is 88.7 Å². The van der Waals surface area contributed by atoms with Crippen LogP contribution in [0.1, 0.15) is 27.1 Å². The summed E-state index contributed by atoms with van der Waals surface area (Å²) in [5.41, 5.74) is 1.96. The molecular formula is C23H19ClFN3O2S. The second-order valence-electron chi connectivity index (χ2n) is 6.92. The molecule has 1 heterocycles. The lowest BCUT2D eigenvalue weighted by Gasteiger charge is -2.17. The van der Waals surface area contributed by atoms with E-state index in [0.717, 1.165) is 18.7 Å². The van der Waals surface area contributed by atoms with Gasteiger partial charge in [0.05, 0.1) is 16.4 Å². The summed E-state index contributed by atoms with van der Waals surface area (Å²) in [5, 5.41) is 5.79. The average Bonchev–Trinajstić information content (AvgIpc) is 3.31. The van der Waals surface area contributed by atoms with Crippen LogP contribution < -0.4 is 14.9 Å². The Hall–Kier alpha value is -3.03. The highest BCUT2D eigenvalue weighted by atomic mass is 35.5. The molecule has 1 saturated heterocycles. The highest BCUT2D eigenvalue weighted by molar-refractivity contribution is 8.00. The molecule has 0 aromatic heterocycles. The van der Waals surface area contributed by atoms with E-state index in [1.165, 1.54) is 6.07 Å². The van der Waals surface area contributed by atoms with Gasteiger partial charge in [-0.1, -0.05) is 29.8 Å². The summed E-state index contributed by atoms with van der Waals surface area (Å²) in [6.07, 6.45) is 1.01. The van der Waals surface area contributed by atoms with Gasteiger partial charge in [0.1, 0.15) is 5.82 Å². The maximum Gasteiger partial charge on any atom is 0.255 e. The highest BCUT2D eigenvalue weighted by Crippen LogP contribution is 2.31. The average molecular weight is 456 g/mol. The van der Waals surface area contributed by atoms with Crippen LogP contribution in [-0.2, 0) is 0 Å². The van der Waals surface area contributed by atoms with Crippen LogP contribution in [0.5, 0.6) is 0 Å². The van der Waals surface area contributed by atoms with Gasteiger partial charge in [0, 0.05) is 29.1 Å². The molecule has 5 nitrogen and oxygen atoms in total. The lowest BCUT2D eigenvalue weighted by Crippen LogP contribution is -2.15. The highest BCUT2D eigenvalue weighted by Gasteiger charge is 2.19. The van der Waals surface area contributed by atoms with E-state index < -0.39 is 11.7 Å². The van der Waals surface area contributed by atoms with E-state index >= 15 is 0 Å². The van der Waals surface area contributed by atoms with Crippen molar-refractivity contribution in [2.24, 2.45) is 0 Å². The van der Waals surface area contributed by atoms with Crippen molar-refractivity contribution in [3.63, 3.8) is 0 Å². The Kier molecular flexibility index (Phi) is 6.44. The number of benzene rings is 3. The molecule has 2 N–H and O–H groups in total. The predicted molar refractivity (Wildman–Crippen MR) is 125 cm³/mol. The minimum Gasteiger partial charge on any atom is -0.322 e. The third-order valence-electron chi connectivity index (χ3n) is 4.74. The third-order valence-corrected chi connectivity index (χ3v) is 6.23. The molecule has 1 aliphatic heterocycles. The van der Waals surface area contributed by atoms with Gasteiger partial charge in [-0.15, -0.1) is 0 Å². The molecule has 158 valence electrons. The second-order valence-corrected chi connectivity index (χ2v) is 8.44. The lowest BCUT2D eigenvalue weighted by atomic mass is 10.1. The number of rotatable bonds is 5. The van der Waals surface area contributed by atoms with Crippen molar-refractivity contribution in [1.29, 1.82) is 0 Å². The largest absolute Gasteiger partial charge is 0.322 e. The lowest BCUT2D eigenvalue weighted by molar-refractivity contribution is 0.101. The van der Waals surface area contributed by atoms with Crippen LogP contribution in [0.2, 0.25) is 5.02 Å². The summed E-state index contributed by atoms with van der Waals surface area (Å²) >= 11 is 7.78. The number of anilines is 3. The van der Waals surface area contributed by atoms with E-state index in [-0.39, 0.29) is 11.5 Å². The first-order valence-electron chi connectivity index (χ1n) is 9.68. The van der Waals surface area contributed by atoms with Gasteiger partial charge in [0.15, 0.2) is 0 Å². The SMILES string of the molecule is O=C(Nc1ccc(Cl)c(NC(=O)c2ccccc2)c1)c1ccc(N2CCCS2)c(F)c1. The summed E-state index contributed by atoms with van der Waals surface area (Å²) in [7, 11) is 0. The fourth-order valence-electron chi connectivity index (χ4n) is 3.17. The number of halogens is 2. The van der Waals surface area contributed by atoms with E-state index in [2.05, 4.69) is 10.6 Å². The van der Waals surface area contributed by atoms with Gasteiger partial charge >= 0.3 is 0 Å². The number of carbonyl (C=O) groups excluding carboxylic acids is 2. The molecule has 0 bridgehead atoms. The van der Waals surface area contributed by atoms with Crippen LogP contribution in [-0.4, -0.2) is 24.1 Å². The predicted octanol–water partition coefficient (Wildman–Crippen LogP) is 5.84. The molecule has 3 aromatic rings. The van der Waals surface area contributed by atoms with Crippen LogP contribution in [0.3, 0.4) is 0 Å². The number of amides is 2. The van der Waals surface area contributed by atoms with Crippen molar-refractivity contribution >= 4 is 52.4 Å². The van der Waals surface area contributed by atoms with Crippen LogP contribution in [0.4, 0.5) is 21.5 Å². The first-order valence-corrected chi connectivity index (χ1v) is 11.0. The number of hydrogen-bond acceptors (Lipinski definition) is 4. The molecule has 3 aromatic carbocycles. The van der Waals surface area contributed by atoms with Gasteiger partial charge < -0.3 is 14.9 Å². The molecule has 31 heavy (non-hydrogen) atoms. The summed E-state index contributed by atoms with van der Waals surface area (Å²) in [5.74, 6) is -0.249. The molecule has 0 aliphatic carbocycles. The number of carbonyl (C=O) groups is 2. The minimum atomic E-state index is -0.456. The Morgan fingerprint density at radius 3 is 2.42 bits per heavy atom. The van der Waals surface area contributed by atoms with E-state index in [9.17, 15) is 14.0 Å². The van der Waals surface area contributed by atoms with Gasteiger partial charge in [0.2, 0.25) is 0 Å². The Morgan fingerprint density at radius 2 is 1.71 bits per heavy atom. The van der Waals surface area contributed by atoms with Gasteiger partial charge in [-0.2, -0.15) is 0 Å². The van der Waals surface area contributed by atoms with Crippen molar-refractivity contribution in [2.45, 2.75) is 6.42 Å². The zero-order valence-corrected chi connectivity index (χ0v) is 18.0. The standard InChI is InChI=1S/C23H19ClFN3O2S/c24-18-9-8-17(14-20(18)27-22(29)15-5-2-1-3-6-15)26-23(30)16-7-10-21(19(25)13-16)28-11-4-12-31-28/h1-3,5-10,13-14H,4,11-12H2,(H,26,30)(H,27,29). The number of hydrogen-bond donors (Lipinski definition) is 2. The molecule has 4 rings (SSSR count). The molecule has 2 amide bonds. The van der Waals surface area contributed by atoms with E-state index in [4.69, 9.17) is 11.6 Å². The summed E-state index contributed by atoms with van der Waals surface area (Å²) in [4.78, 5) is 25.0. The summed E-state index contributed by atoms with van der Waals surface area (Å²) < 4.78 is 16.4. The maximum atomic E-state index is 14.5. The molecule has 0 radical (unpaired) electrons. The molecular weight excluding hydrogens is 437 g/mol. The smallest absolute Gasteiger partial charge is 0.255 e. The number of nitrogens with zero attached hydrogens (tertiary/aromatic N) is 1. The Balaban J connectivity index is 1.48. The number of nitrogens with one attached hydrogen (secondary N) is 2. The van der Waals surface area contributed by atoms with Crippen LogP contribution in [0.25, 0.3) is 0 Å². The summed E-state index contributed by atoms with van der Waals surface area (Å²) in [6, 6.07) is 17.9. The van der Waals surface area contributed by atoms with Crippen LogP contribution >= 0.6 is 23.5 Å². The summed E-state index contributed by atoms with van der Waals surface area (Å²) in [6.45, 7) is 0.787. The molecule has 0 unspecified atom stereocenters. The second kappa shape index (κ2) is 9.41. The molecule has 0 saturated carbocycles. The maximum absolute atomic E-state index is 14.5. The Morgan fingerprint density at radius 1 is 0.935 bits per heavy atom. The fourth-order valence-corrected chi connectivity index (χ4v) is 4.36. The van der Waals surface area contributed by atoms with Crippen molar-refractivity contribution < 1.29 is 14.0 Å².